The molecule has 1 heterocycles. The van der Waals surface area contributed by atoms with Gasteiger partial charge in [0.05, 0.1) is 6.54 Å². The van der Waals surface area contributed by atoms with Gasteiger partial charge >= 0.3 is 6.03 Å². The fourth-order valence-electron chi connectivity index (χ4n) is 3.36. The Kier molecular flexibility index (Phi) is 8.29. The number of nitrogens with zero attached hydrogens (tertiary/aromatic N) is 2. The van der Waals surface area contributed by atoms with Crippen LogP contribution in [0.2, 0.25) is 0 Å². The average molecular weight is 389 g/mol. The van der Waals surface area contributed by atoms with Crippen molar-refractivity contribution < 1.29 is 14.4 Å². The molecule has 2 rings (SSSR count). The highest BCUT2D eigenvalue weighted by molar-refractivity contribution is 5.92. The molecule has 1 fully saturated rings. The maximum Gasteiger partial charge on any atom is 0.319 e. The van der Waals surface area contributed by atoms with Crippen molar-refractivity contribution in [2.45, 2.75) is 39.5 Å². The van der Waals surface area contributed by atoms with Crippen LogP contribution in [0, 0.1) is 12.8 Å². The van der Waals surface area contributed by atoms with Crippen molar-refractivity contribution >= 4 is 23.5 Å². The van der Waals surface area contributed by atoms with Gasteiger partial charge in [0.2, 0.25) is 11.8 Å². The van der Waals surface area contributed by atoms with Gasteiger partial charge in [-0.25, -0.2) is 4.79 Å². The molecule has 0 bridgehead atoms. The van der Waals surface area contributed by atoms with Gasteiger partial charge in [0.15, 0.2) is 0 Å². The van der Waals surface area contributed by atoms with Crippen molar-refractivity contribution in [3.63, 3.8) is 0 Å². The van der Waals surface area contributed by atoms with E-state index in [1.807, 2.05) is 37.1 Å². The van der Waals surface area contributed by atoms with E-state index >= 15 is 0 Å². The molecular formula is C21H32N4O3. The lowest BCUT2D eigenvalue weighted by atomic mass is 9.95. The summed E-state index contributed by atoms with van der Waals surface area (Å²) in [5.41, 5.74) is 1.74. The predicted octanol–water partition coefficient (Wildman–Crippen LogP) is 2.61. The largest absolute Gasteiger partial charge is 0.346 e. The second-order valence-corrected chi connectivity index (χ2v) is 7.45. The van der Waals surface area contributed by atoms with Crippen molar-refractivity contribution in [3.8, 4) is 0 Å². The summed E-state index contributed by atoms with van der Waals surface area (Å²) in [6.07, 6.45) is 3.43. The maximum atomic E-state index is 12.5. The zero-order chi connectivity index (χ0) is 20.5. The topological polar surface area (TPSA) is 81.8 Å². The summed E-state index contributed by atoms with van der Waals surface area (Å²) >= 11 is 0. The Balaban J connectivity index is 1.71. The molecule has 1 aliphatic rings. The first-order valence-corrected chi connectivity index (χ1v) is 10.0. The quantitative estimate of drug-likeness (QED) is 0.753. The molecule has 0 aromatic heterocycles. The molecule has 28 heavy (non-hydrogen) atoms. The number of amides is 4. The van der Waals surface area contributed by atoms with E-state index < -0.39 is 6.03 Å². The molecule has 154 valence electrons. The minimum absolute atomic E-state index is 0.0107. The fourth-order valence-corrected chi connectivity index (χ4v) is 3.36. The molecule has 2 N–H and O–H groups in total. The minimum atomic E-state index is -0.401. The van der Waals surface area contributed by atoms with Crippen LogP contribution in [0.5, 0.6) is 0 Å². The number of aryl methyl sites for hydroxylation is 1. The minimum Gasteiger partial charge on any atom is -0.346 e. The molecule has 7 nitrogen and oxygen atoms in total. The number of urea groups is 1. The lowest BCUT2D eigenvalue weighted by Gasteiger charge is -2.33. The van der Waals surface area contributed by atoms with E-state index in [0.29, 0.717) is 31.6 Å². The SMILES string of the molecule is CCCCN(C)C(=O)C1CCN(C(=O)CNC(=O)Nc2cccc(C)c2)CC1. The molecule has 4 amide bonds. The number of carbonyl (C=O) groups excluding carboxylic acids is 3. The first kappa shape index (κ1) is 21.7. The highest BCUT2D eigenvalue weighted by atomic mass is 16.2. The molecule has 0 atom stereocenters. The highest BCUT2D eigenvalue weighted by Crippen LogP contribution is 2.19. The maximum absolute atomic E-state index is 12.5. The van der Waals surface area contributed by atoms with E-state index in [1.165, 1.54) is 0 Å². The molecule has 0 aliphatic carbocycles. The van der Waals surface area contributed by atoms with Gasteiger partial charge in [-0.15, -0.1) is 0 Å². The van der Waals surface area contributed by atoms with Gasteiger partial charge in [-0.3, -0.25) is 9.59 Å². The van der Waals surface area contributed by atoms with Crippen molar-refractivity contribution in [2.24, 2.45) is 5.92 Å². The van der Waals surface area contributed by atoms with Crippen molar-refractivity contribution in [1.82, 2.24) is 15.1 Å². The second-order valence-electron chi connectivity index (χ2n) is 7.45. The van der Waals surface area contributed by atoms with Crippen molar-refractivity contribution in [3.05, 3.63) is 29.8 Å². The molecule has 1 aromatic rings. The molecule has 7 heteroatoms. The van der Waals surface area contributed by atoms with Gasteiger partial charge < -0.3 is 20.4 Å². The van der Waals surface area contributed by atoms with Gasteiger partial charge in [-0.05, 0) is 43.9 Å². The summed E-state index contributed by atoms with van der Waals surface area (Å²) in [6.45, 7) is 5.90. The molecule has 0 radical (unpaired) electrons. The lowest BCUT2D eigenvalue weighted by Crippen LogP contribution is -2.47. The van der Waals surface area contributed by atoms with Crippen LogP contribution in [0.1, 0.15) is 38.2 Å². The number of unbranched alkanes of at least 4 members (excludes halogenated alkanes) is 1. The molecule has 0 unspecified atom stereocenters. The molecule has 0 spiro atoms. The monoisotopic (exact) mass is 388 g/mol. The highest BCUT2D eigenvalue weighted by Gasteiger charge is 2.28. The number of hydrogen-bond donors (Lipinski definition) is 2. The van der Waals surface area contributed by atoms with Gasteiger partial charge in [0, 0.05) is 38.3 Å². The van der Waals surface area contributed by atoms with Crippen LogP contribution in [0.4, 0.5) is 10.5 Å². The summed E-state index contributed by atoms with van der Waals surface area (Å²) in [5.74, 6) is 0.0457. The molecule has 1 saturated heterocycles. The number of piperidine rings is 1. The molecule has 0 saturated carbocycles. The van der Waals surface area contributed by atoms with Crippen LogP contribution in [0.15, 0.2) is 24.3 Å². The Labute approximate surface area is 167 Å². The number of carbonyl (C=O) groups is 3. The Morgan fingerprint density at radius 1 is 1.21 bits per heavy atom. The summed E-state index contributed by atoms with van der Waals surface area (Å²) in [5, 5.41) is 5.33. The number of likely N-dealkylation sites (tertiary alicyclic amines) is 1. The Bertz CT molecular complexity index is 684. The standard InChI is InChI=1S/C21H32N4O3/c1-4-5-11-24(3)20(27)17-9-12-25(13-10-17)19(26)15-22-21(28)23-18-8-6-7-16(2)14-18/h6-8,14,17H,4-5,9-13,15H2,1-3H3,(H2,22,23,28). The third-order valence-corrected chi connectivity index (χ3v) is 5.10. The zero-order valence-corrected chi connectivity index (χ0v) is 17.2. The number of nitrogens with one attached hydrogen (secondary N) is 2. The van der Waals surface area contributed by atoms with Crippen LogP contribution in [-0.2, 0) is 9.59 Å². The first-order valence-electron chi connectivity index (χ1n) is 10.0. The van der Waals surface area contributed by atoms with Crippen LogP contribution in [-0.4, -0.2) is 60.9 Å². The zero-order valence-electron chi connectivity index (χ0n) is 17.2. The Morgan fingerprint density at radius 2 is 1.93 bits per heavy atom. The van der Waals surface area contributed by atoms with E-state index in [4.69, 9.17) is 0 Å². The third-order valence-electron chi connectivity index (χ3n) is 5.10. The van der Waals surface area contributed by atoms with Gasteiger partial charge in [0.25, 0.3) is 0 Å². The van der Waals surface area contributed by atoms with Crippen molar-refractivity contribution in [2.75, 3.05) is 38.5 Å². The second kappa shape index (κ2) is 10.7. The number of benzene rings is 1. The smallest absolute Gasteiger partial charge is 0.319 e. The molecular weight excluding hydrogens is 356 g/mol. The van der Waals surface area contributed by atoms with E-state index in [9.17, 15) is 14.4 Å². The van der Waals surface area contributed by atoms with E-state index in [-0.39, 0.29) is 24.3 Å². The van der Waals surface area contributed by atoms with Crippen LogP contribution < -0.4 is 10.6 Å². The average Bonchev–Trinajstić information content (AvgIpc) is 2.69. The van der Waals surface area contributed by atoms with Gasteiger partial charge in [-0.2, -0.15) is 0 Å². The number of rotatable bonds is 7. The van der Waals surface area contributed by atoms with Crippen LogP contribution in [0.3, 0.4) is 0 Å². The normalized spacial score (nSPS) is 14.5. The Morgan fingerprint density at radius 3 is 2.57 bits per heavy atom. The lowest BCUT2D eigenvalue weighted by molar-refractivity contribution is -0.139. The summed E-state index contributed by atoms with van der Waals surface area (Å²) in [6, 6.07) is 7.07. The van der Waals surface area contributed by atoms with E-state index in [1.54, 1.807) is 11.0 Å². The van der Waals surface area contributed by atoms with Gasteiger partial charge in [0.1, 0.15) is 0 Å². The summed E-state index contributed by atoms with van der Waals surface area (Å²) in [7, 11) is 1.85. The van der Waals surface area contributed by atoms with Crippen LogP contribution in [0.25, 0.3) is 0 Å². The number of anilines is 1. The Hall–Kier alpha value is -2.57. The van der Waals surface area contributed by atoms with E-state index in [2.05, 4.69) is 17.6 Å². The summed E-state index contributed by atoms with van der Waals surface area (Å²) in [4.78, 5) is 40.3. The summed E-state index contributed by atoms with van der Waals surface area (Å²) < 4.78 is 0. The predicted molar refractivity (Wildman–Crippen MR) is 110 cm³/mol. The van der Waals surface area contributed by atoms with Crippen LogP contribution >= 0.6 is 0 Å². The van der Waals surface area contributed by atoms with Crippen molar-refractivity contribution in [1.29, 1.82) is 0 Å². The number of hydrogen-bond acceptors (Lipinski definition) is 3. The fraction of sp³-hybridized carbons (Fsp3) is 0.571. The first-order chi connectivity index (χ1) is 13.4. The third kappa shape index (κ3) is 6.55. The van der Waals surface area contributed by atoms with Gasteiger partial charge in [-0.1, -0.05) is 25.5 Å². The molecule has 1 aliphatic heterocycles. The van der Waals surface area contributed by atoms with E-state index in [0.717, 1.165) is 24.9 Å². The molecule has 1 aromatic carbocycles.